The van der Waals surface area contributed by atoms with Gasteiger partial charge in [0.1, 0.15) is 5.75 Å². The van der Waals surface area contributed by atoms with E-state index in [4.69, 9.17) is 22.1 Å². The molecule has 2 N–H and O–H groups in total. The van der Waals surface area contributed by atoms with Crippen LogP contribution >= 0.6 is 11.6 Å². The van der Waals surface area contributed by atoms with Crippen molar-refractivity contribution in [1.82, 2.24) is 19.8 Å². The minimum absolute atomic E-state index is 0.165. The number of anilines is 1. The molecule has 1 aromatic heterocycles. The molecule has 0 aliphatic carbocycles. The number of nitrogen functional groups attached to an aromatic ring is 1. The van der Waals surface area contributed by atoms with Gasteiger partial charge in [0.05, 0.1) is 7.11 Å². The topological polar surface area (TPSA) is 84.6 Å². The fraction of sp³-hybridized carbons (Fsp3) is 0.353. The summed E-state index contributed by atoms with van der Waals surface area (Å²) in [6, 6.07) is 5.60. The molecule has 0 radical (unpaired) electrons. The minimum atomic E-state index is -0.175. The van der Waals surface area contributed by atoms with Gasteiger partial charge in [0.25, 0.3) is 5.91 Å². The maximum absolute atomic E-state index is 12.5. The molecule has 1 aliphatic heterocycles. The molecule has 7 nitrogen and oxygen atoms in total. The van der Waals surface area contributed by atoms with Crippen LogP contribution in [-0.2, 0) is 6.54 Å². The molecule has 2 aromatic rings. The highest BCUT2D eigenvalue weighted by Gasteiger charge is 2.25. The van der Waals surface area contributed by atoms with Gasteiger partial charge in [-0.25, -0.2) is 9.97 Å². The summed E-state index contributed by atoms with van der Waals surface area (Å²) < 4.78 is 5.39. The monoisotopic (exact) mass is 361 g/mol. The third-order valence-electron chi connectivity index (χ3n) is 4.23. The molecule has 0 atom stereocenters. The van der Waals surface area contributed by atoms with Crippen LogP contribution < -0.4 is 10.5 Å². The Balaban J connectivity index is 1.62. The normalized spacial score (nSPS) is 15.2. The first-order valence-electron chi connectivity index (χ1n) is 7.99. The van der Waals surface area contributed by atoms with Crippen molar-refractivity contribution < 1.29 is 9.53 Å². The van der Waals surface area contributed by atoms with E-state index in [0.29, 0.717) is 18.1 Å². The summed E-state index contributed by atoms with van der Waals surface area (Å²) >= 11 is 6.09. The van der Waals surface area contributed by atoms with Crippen molar-refractivity contribution in [2.45, 2.75) is 6.54 Å². The lowest BCUT2D eigenvalue weighted by atomic mass is 10.1. The maximum Gasteiger partial charge on any atom is 0.276 e. The number of benzene rings is 1. The first-order chi connectivity index (χ1) is 12.1. The van der Waals surface area contributed by atoms with Gasteiger partial charge in [0, 0.05) is 55.7 Å². The van der Waals surface area contributed by atoms with Gasteiger partial charge < -0.3 is 15.4 Å². The molecule has 1 fully saturated rings. The van der Waals surface area contributed by atoms with E-state index < -0.39 is 0 Å². The summed E-state index contributed by atoms with van der Waals surface area (Å²) in [6.07, 6.45) is 2.95. The van der Waals surface area contributed by atoms with E-state index in [1.165, 1.54) is 12.4 Å². The van der Waals surface area contributed by atoms with E-state index in [9.17, 15) is 4.79 Å². The lowest BCUT2D eigenvalue weighted by Gasteiger charge is -2.34. The van der Waals surface area contributed by atoms with Gasteiger partial charge >= 0.3 is 0 Å². The van der Waals surface area contributed by atoms with Gasteiger partial charge in [-0.1, -0.05) is 11.6 Å². The third-order valence-corrected chi connectivity index (χ3v) is 4.46. The molecule has 1 aliphatic rings. The lowest BCUT2D eigenvalue weighted by molar-refractivity contribution is 0.0622. The molecule has 1 aromatic carbocycles. The maximum atomic E-state index is 12.5. The van der Waals surface area contributed by atoms with Crippen LogP contribution in [0.25, 0.3) is 0 Å². The standard InChI is InChI=1S/C17H20ClN5O2/c1-25-14-3-2-13(18)10-12(14)11-22-6-8-23(9-7-22)17(24)15-16(19)21-5-4-20-15/h2-5,10H,6-9,11H2,1H3,(H2,19,21). The minimum Gasteiger partial charge on any atom is -0.496 e. The van der Waals surface area contributed by atoms with Crippen molar-refractivity contribution in [2.75, 3.05) is 39.0 Å². The van der Waals surface area contributed by atoms with Gasteiger partial charge in [-0.15, -0.1) is 0 Å². The summed E-state index contributed by atoms with van der Waals surface area (Å²) in [4.78, 5) is 24.5. The number of rotatable bonds is 4. The molecule has 0 spiro atoms. The molecule has 0 unspecified atom stereocenters. The van der Waals surface area contributed by atoms with Crippen LogP contribution in [0.15, 0.2) is 30.6 Å². The summed E-state index contributed by atoms with van der Waals surface area (Å²) in [6.45, 7) is 3.44. The lowest BCUT2D eigenvalue weighted by Crippen LogP contribution is -2.48. The number of hydrogen-bond donors (Lipinski definition) is 1. The highest BCUT2D eigenvalue weighted by atomic mass is 35.5. The first-order valence-corrected chi connectivity index (χ1v) is 8.37. The molecule has 1 saturated heterocycles. The zero-order valence-corrected chi connectivity index (χ0v) is 14.7. The molecular weight excluding hydrogens is 342 g/mol. The Morgan fingerprint density at radius 1 is 1.24 bits per heavy atom. The van der Waals surface area contributed by atoms with E-state index in [-0.39, 0.29) is 17.4 Å². The Morgan fingerprint density at radius 2 is 1.96 bits per heavy atom. The average Bonchev–Trinajstić information content (AvgIpc) is 2.62. The Morgan fingerprint density at radius 3 is 2.64 bits per heavy atom. The van der Waals surface area contributed by atoms with Crippen LogP contribution in [-0.4, -0.2) is 59.0 Å². The molecule has 25 heavy (non-hydrogen) atoms. The van der Waals surface area contributed by atoms with E-state index in [1.807, 2.05) is 18.2 Å². The number of carbonyl (C=O) groups is 1. The van der Waals surface area contributed by atoms with Crippen molar-refractivity contribution in [3.05, 3.63) is 46.9 Å². The third kappa shape index (κ3) is 4.00. The number of carbonyl (C=O) groups excluding carboxylic acids is 1. The molecule has 8 heteroatoms. The van der Waals surface area contributed by atoms with Crippen LogP contribution in [0.3, 0.4) is 0 Å². The van der Waals surface area contributed by atoms with Gasteiger partial charge in [0.2, 0.25) is 0 Å². The predicted molar refractivity (Wildman–Crippen MR) is 95.6 cm³/mol. The Bertz CT molecular complexity index is 762. The number of nitrogens with two attached hydrogens (primary N) is 1. The van der Waals surface area contributed by atoms with E-state index in [0.717, 1.165) is 30.9 Å². The molecule has 3 rings (SSSR count). The average molecular weight is 362 g/mol. The second kappa shape index (κ2) is 7.67. The van der Waals surface area contributed by atoms with E-state index >= 15 is 0 Å². The van der Waals surface area contributed by atoms with Gasteiger partial charge in [0.15, 0.2) is 11.5 Å². The second-order valence-corrected chi connectivity index (χ2v) is 6.25. The van der Waals surface area contributed by atoms with E-state index in [2.05, 4.69) is 14.9 Å². The molecule has 132 valence electrons. The number of aromatic nitrogens is 2. The van der Waals surface area contributed by atoms with Gasteiger partial charge in [-0.3, -0.25) is 9.69 Å². The number of hydrogen-bond acceptors (Lipinski definition) is 6. The molecule has 1 amide bonds. The zero-order chi connectivity index (χ0) is 17.8. The second-order valence-electron chi connectivity index (χ2n) is 5.81. The summed E-state index contributed by atoms with van der Waals surface area (Å²) in [5.74, 6) is 0.805. The van der Waals surface area contributed by atoms with Crippen LogP contribution in [0, 0.1) is 0 Å². The van der Waals surface area contributed by atoms with Crippen LogP contribution in [0.2, 0.25) is 5.02 Å². The SMILES string of the molecule is COc1ccc(Cl)cc1CN1CCN(C(=O)c2nccnc2N)CC1. The van der Waals surface area contributed by atoms with Crippen LogP contribution in [0.1, 0.15) is 16.1 Å². The number of piperazine rings is 1. The Labute approximate surface area is 151 Å². The summed E-state index contributed by atoms with van der Waals surface area (Å²) in [5, 5.41) is 0.683. The van der Waals surface area contributed by atoms with Crippen molar-refractivity contribution in [1.29, 1.82) is 0 Å². The highest BCUT2D eigenvalue weighted by molar-refractivity contribution is 6.30. The summed E-state index contributed by atoms with van der Waals surface area (Å²) in [7, 11) is 1.65. The largest absolute Gasteiger partial charge is 0.496 e. The smallest absolute Gasteiger partial charge is 0.276 e. The number of amides is 1. The summed E-state index contributed by atoms with van der Waals surface area (Å²) in [5.41, 5.74) is 7.00. The predicted octanol–water partition coefficient (Wildman–Crippen LogP) is 1.68. The molecule has 2 heterocycles. The zero-order valence-electron chi connectivity index (χ0n) is 14.0. The van der Waals surface area contributed by atoms with Crippen molar-refractivity contribution >= 4 is 23.3 Å². The number of methoxy groups -OCH3 is 1. The quantitative estimate of drug-likeness (QED) is 0.891. The van der Waals surface area contributed by atoms with Crippen LogP contribution in [0.4, 0.5) is 5.82 Å². The molecule has 0 bridgehead atoms. The van der Waals surface area contributed by atoms with Gasteiger partial charge in [-0.05, 0) is 18.2 Å². The Kier molecular flexibility index (Phi) is 5.35. The first kappa shape index (κ1) is 17.4. The van der Waals surface area contributed by atoms with Gasteiger partial charge in [-0.2, -0.15) is 0 Å². The molecule has 0 saturated carbocycles. The fourth-order valence-electron chi connectivity index (χ4n) is 2.88. The number of halogens is 1. The van der Waals surface area contributed by atoms with Crippen molar-refractivity contribution in [3.63, 3.8) is 0 Å². The van der Waals surface area contributed by atoms with Crippen LogP contribution in [0.5, 0.6) is 5.75 Å². The number of nitrogens with zero attached hydrogens (tertiary/aromatic N) is 4. The van der Waals surface area contributed by atoms with E-state index in [1.54, 1.807) is 12.0 Å². The number of ether oxygens (including phenoxy) is 1. The Hall–Kier alpha value is -2.38. The van der Waals surface area contributed by atoms with Crippen molar-refractivity contribution in [2.24, 2.45) is 0 Å². The highest BCUT2D eigenvalue weighted by Crippen LogP contribution is 2.24. The molecular formula is C17H20ClN5O2. The van der Waals surface area contributed by atoms with Crippen molar-refractivity contribution in [3.8, 4) is 5.75 Å². The fourth-order valence-corrected chi connectivity index (χ4v) is 3.08.